The maximum absolute atomic E-state index is 14.0. The van der Waals surface area contributed by atoms with Gasteiger partial charge in [-0.1, -0.05) is 0 Å². The Kier molecular flexibility index (Phi) is 9.30. The lowest BCUT2D eigenvalue weighted by atomic mass is 10.0. The van der Waals surface area contributed by atoms with Crippen LogP contribution in [0.25, 0.3) is 0 Å². The summed E-state index contributed by atoms with van der Waals surface area (Å²) in [6.45, 7) is 5.17. The molecule has 0 bridgehead atoms. The number of rotatable bonds is 7. The predicted molar refractivity (Wildman–Crippen MR) is 136 cm³/mol. The summed E-state index contributed by atoms with van der Waals surface area (Å²) < 4.78 is 14.0. The first-order valence-electron chi connectivity index (χ1n) is 11.1. The molecule has 1 saturated heterocycles. The number of thiazole rings is 1. The van der Waals surface area contributed by atoms with Crippen LogP contribution in [-0.4, -0.2) is 48.1 Å². The maximum atomic E-state index is 14.0. The second kappa shape index (κ2) is 11.9. The molecular weight excluding hydrogens is 526 g/mol. The molecule has 1 unspecified atom stereocenters. The Labute approximate surface area is 205 Å². The first kappa shape index (κ1) is 24.2. The van der Waals surface area contributed by atoms with Crippen molar-refractivity contribution in [1.82, 2.24) is 20.6 Å². The van der Waals surface area contributed by atoms with Crippen LogP contribution >= 0.6 is 35.3 Å². The van der Waals surface area contributed by atoms with Gasteiger partial charge < -0.3 is 15.5 Å². The third-order valence-electron chi connectivity index (χ3n) is 5.62. The Morgan fingerprint density at radius 3 is 3.03 bits per heavy atom. The Morgan fingerprint density at radius 1 is 1.35 bits per heavy atom. The number of aryl methyl sites for hydroxylation is 3. The molecule has 2 N–H and O–H groups in total. The van der Waals surface area contributed by atoms with Gasteiger partial charge in [0.2, 0.25) is 0 Å². The number of nitrogens with zero attached hydrogens (tertiary/aromatic N) is 4. The molecule has 0 amide bonds. The van der Waals surface area contributed by atoms with E-state index in [-0.39, 0.29) is 35.8 Å². The summed E-state index contributed by atoms with van der Waals surface area (Å²) in [5.41, 5.74) is 1.34. The zero-order valence-electron chi connectivity index (χ0n) is 18.1. The van der Waals surface area contributed by atoms with Crippen LogP contribution in [0.1, 0.15) is 48.2 Å². The van der Waals surface area contributed by atoms with Gasteiger partial charge in [-0.2, -0.15) is 0 Å². The highest BCUT2D eigenvalue weighted by atomic mass is 127. The molecule has 0 spiro atoms. The fourth-order valence-electron chi connectivity index (χ4n) is 4.13. The molecule has 0 saturated carbocycles. The van der Waals surface area contributed by atoms with Crippen molar-refractivity contribution in [3.05, 3.63) is 39.7 Å². The lowest BCUT2D eigenvalue weighted by Crippen LogP contribution is -2.44. The number of fused-ring (bicyclic) bond motifs is 1. The van der Waals surface area contributed by atoms with E-state index in [2.05, 4.69) is 22.5 Å². The number of aromatic nitrogens is 2. The van der Waals surface area contributed by atoms with E-state index in [0.29, 0.717) is 5.82 Å². The van der Waals surface area contributed by atoms with Crippen molar-refractivity contribution in [3.8, 4) is 0 Å². The normalized spacial score (nSPS) is 18.5. The van der Waals surface area contributed by atoms with Crippen molar-refractivity contribution in [3.63, 3.8) is 0 Å². The lowest BCUT2D eigenvalue weighted by molar-refractivity contribution is 0.612. The van der Waals surface area contributed by atoms with Gasteiger partial charge in [-0.3, -0.25) is 4.99 Å². The second-order valence-electron chi connectivity index (χ2n) is 7.93. The van der Waals surface area contributed by atoms with Gasteiger partial charge in [0.15, 0.2) is 17.6 Å². The molecule has 3 heterocycles. The molecule has 1 aliphatic heterocycles. The Hall–Kier alpha value is -1.49. The van der Waals surface area contributed by atoms with Crippen LogP contribution < -0.4 is 15.5 Å². The van der Waals surface area contributed by atoms with Crippen molar-refractivity contribution < 1.29 is 4.39 Å². The molecule has 1 fully saturated rings. The van der Waals surface area contributed by atoms with Gasteiger partial charge in [0.1, 0.15) is 0 Å². The zero-order chi connectivity index (χ0) is 20.8. The van der Waals surface area contributed by atoms with Crippen LogP contribution in [0.2, 0.25) is 0 Å². The molecule has 6 nitrogen and oxygen atoms in total. The summed E-state index contributed by atoms with van der Waals surface area (Å²) in [7, 11) is 0. The van der Waals surface area contributed by atoms with Gasteiger partial charge >= 0.3 is 0 Å². The van der Waals surface area contributed by atoms with Gasteiger partial charge in [-0.25, -0.2) is 14.4 Å². The van der Waals surface area contributed by atoms with Crippen molar-refractivity contribution in [1.29, 1.82) is 0 Å². The summed E-state index contributed by atoms with van der Waals surface area (Å²) in [5, 5.41) is 8.10. The summed E-state index contributed by atoms with van der Waals surface area (Å²) in [4.78, 5) is 17.3. The first-order chi connectivity index (χ1) is 14.7. The van der Waals surface area contributed by atoms with Crippen molar-refractivity contribution in [2.24, 2.45) is 4.99 Å². The van der Waals surface area contributed by atoms with Crippen LogP contribution in [0, 0.1) is 5.82 Å². The first-order valence-corrected chi connectivity index (χ1v) is 11.9. The highest BCUT2D eigenvalue weighted by molar-refractivity contribution is 14.0. The van der Waals surface area contributed by atoms with E-state index in [4.69, 9.17) is 9.98 Å². The molecule has 0 aromatic carbocycles. The molecule has 4 rings (SSSR count). The topological polar surface area (TPSA) is 65.4 Å². The Bertz CT molecular complexity index is 850. The van der Waals surface area contributed by atoms with Gasteiger partial charge in [-0.15, -0.1) is 35.3 Å². The minimum absolute atomic E-state index is 0. The van der Waals surface area contributed by atoms with Crippen LogP contribution in [-0.2, 0) is 19.3 Å². The molecule has 9 heteroatoms. The standard InChI is InChI=1S/C22H31FN6S.HI/c1-2-24-22(26-13-6-10-20-28-18-8-3-4-9-19(18)30-20)27-16-11-14-29(15-16)21-17(23)7-5-12-25-21;/h5,7,12,16H,2-4,6,8-11,13-15H2,1H3,(H2,24,26,27);1H. The number of nitrogens with one attached hydrogen (secondary N) is 2. The summed E-state index contributed by atoms with van der Waals surface area (Å²) in [5.74, 6) is 1.02. The third kappa shape index (κ3) is 6.50. The molecular formula is C22H32FIN6S. The van der Waals surface area contributed by atoms with Gasteiger partial charge in [-0.05, 0) is 57.6 Å². The average molecular weight is 559 g/mol. The number of pyridine rings is 1. The minimum Gasteiger partial charge on any atom is -0.357 e. The number of hydrogen-bond donors (Lipinski definition) is 2. The molecule has 2 aromatic rings. The maximum Gasteiger partial charge on any atom is 0.191 e. The van der Waals surface area contributed by atoms with Crippen molar-refractivity contribution >= 4 is 47.1 Å². The monoisotopic (exact) mass is 558 g/mol. The number of guanidine groups is 1. The van der Waals surface area contributed by atoms with Crippen molar-refractivity contribution in [2.45, 2.75) is 57.9 Å². The number of anilines is 1. The smallest absolute Gasteiger partial charge is 0.191 e. The molecule has 31 heavy (non-hydrogen) atoms. The van der Waals surface area contributed by atoms with E-state index in [9.17, 15) is 4.39 Å². The van der Waals surface area contributed by atoms with E-state index in [1.807, 2.05) is 16.2 Å². The Morgan fingerprint density at radius 2 is 2.23 bits per heavy atom. The SMILES string of the molecule is CCNC(=NCCCc1nc2c(s1)CCCC2)NC1CCN(c2ncccc2F)C1.I. The van der Waals surface area contributed by atoms with E-state index in [1.165, 1.54) is 40.9 Å². The highest BCUT2D eigenvalue weighted by Gasteiger charge is 2.26. The molecule has 2 aromatic heterocycles. The van der Waals surface area contributed by atoms with E-state index in [0.717, 1.165) is 57.8 Å². The van der Waals surface area contributed by atoms with Crippen LogP contribution in [0.15, 0.2) is 23.3 Å². The predicted octanol–water partition coefficient (Wildman–Crippen LogP) is 3.94. The molecule has 1 atom stereocenters. The second-order valence-corrected chi connectivity index (χ2v) is 9.10. The van der Waals surface area contributed by atoms with E-state index < -0.39 is 0 Å². The lowest BCUT2D eigenvalue weighted by Gasteiger charge is -2.19. The number of aliphatic imine (C=N–C) groups is 1. The average Bonchev–Trinajstić information content (AvgIpc) is 3.38. The Balaban J connectivity index is 0.00000272. The molecule has 2 aliphatic rings. The number of halogens is 2. The van der Waals surface area contributed by atoms with Crippen molar-refractivity contribution in [2.75, 3.05) is 31.1 Å². The van der Waals surface area contributed by atoms with Crippen LogP contribution in [0.4, 0.5) is 10.2 Å². The fourth-order valence-corrected chi connectivity index (χ4v) is 5.33. The number of hydrogen-bond acceptors (Lipinski definition) is 5. The molecule has 1 aliphatic carbocycles. The van der Waals surface area contributed by atoms with E-state index in [1.54, 1.807) is 12.3 Å². The quantitative estimate of drug-likeness (QED) is 0.233. The summed E-state index contributed by atoms with van der Waals surface area (Å²) >= 11 is 1.90. The molecule has 0 radical (unpaired) electrons. The minimum atomic E-state index is -0.261. The van der Waals surface area contributed by atoms with Crippen LogP contribution in [0.3, 0.4) is 0 Å². The fraction of sp³-hybridized carbons (Fsp3) is 0.591. The van der Waals surface area contributed by atoms with Gasteiger partial charge in [0, 0.05) is 49.7 Å². The third-order valence-corrected chi connectivity index (χ3v) is 6.84. The van der Waals surface area contributed by atoms with Gasteiger partial charge in [0.25, 0.3) is 0 Å². The zero-order valence-corrected chi connectivity index (χ0v) is 21.2. The van der Waals surface area contributed by atoms with Crippen LogP contribution in [0.5, 0.6) is 0 Å². The van der Waals surface area contributed by atoms with E-state index >= 15 is 0 Å². The molecule has 170 valence electrons. The summed E-state index contributed by atoms with van der Waals surface area (Å²) in [6, 6.07) is 3.32. The largest absolute Gasteiger partial charge is 0.357 e. The summed E-state index contributed by atoms with van der Waals surface area (Å²) in [6.07, 6.45) is 9.52. The highest BCUT2D eigenvalue weighted by Crippen LogP contribution is 2.27. The van der Waals surface area contributed by atoms with Gasteiger partial charge in [0.05, 0.1) is 10.7 Å².